The molecule has 146 valence electrons. The van der Waals surface area contributed by atoms with E-state index >= 15 is 0 Å². The maximum absolute atomic E-state index is 12.3. The fourth-order valence-corrected chi connectivity index (χ4v) is 3.89. The summed E-state index contributed by atoms with van der Waals surface area (Å²) < 4.78 is 5.84. The van der Waals surface area contributed by atoms with E-state index in [0.29, 0.717) is 31.6 Å². The maximum Gasteiger partial charge on any atom is 0.264 e. The number of furan rings is 1. The number of amides is 1. The lowest BCUT2D eigenvalue weighted by Crippen LogP contribution is -2.19. The highest BCUT2D eigenvalue weighted by atomic mass is 35.5. The average Bonchev–Trinajstić information content (AvgIpc) is 3.32. The Balaban J connectivity index is 1.52. The van der Waals surface area contributed by atoms with Crippen molar-refractivity contribution in [2.75, 3.05) is 0 Å². The molecular weight excluding hydrogens is 427 g/mol. The van der Waals surface area contributed by atoms with E-state index in [1.54, 1.807) is 24.3 Å². The first-order valence-corrected chi connectivity index (χ1v) is 10.5. The molecule has 0 unspecified atom stereocenters. The highest BCUT2D eigenvalue weighted by molar-refractivity contribution is 8.18. The molecule has 0 spiro atoms. The molecule has 4 rings (SSSR count). The minimum Gasteiger partial charge on any atom is -0.457 e. The first-order valence-electron chi connectivity index (χ1n) is 8.95. The van der Waals surface area contributed by atoms with Gasteiger partial charge in [-0.15, -0.1) is 0 Å². The summed E-state index contributed by atoms with van der Waals surface area (Å²) in [5.74, 6) is 1.01. The quantitative estimate of drug-likeness (QED) is 0.456. The van der Waals surface area contributed by atoms with Gasteiger partial charge >= 0.3 is 0 Å². The fourth-order valence-electron chi connectivity index (χ4n) is 2.77. The normalized spacial score (nSPS) is 16.6. The predicted octanol–water partition coefficient (Wildman–Crippen LogP) is 6.71. The second-order valence-corrected chi connectivity index (χ2v) is 8.18. The average molecular weight is 443 g/mol. The number of halogens is 2. The fraction of sp³-hybridized carbons (Fsp3) is 0.0909. The number of nitrogens with zero attached hydrogens (tertiary/aromatic N) is 1. The Bertz CT molecular complexity index is 1130. The minimum absolute atomic E-state index is 0.202. The van der Waals surface area contributed by atoms with E-state index in [-0.39, 0.29) is 5.91 Å². The van der Waals surface area contributed by atoms with Gasteiger partial charge in [-0.2, -0.15) is 0 Å². The number of carbonyl (C=O) groups excluding carboxylic acids is 1. The third-order valence-electron chi connectivity index (χ3n) is 4.33. The zero-order valence-electron chi connectivity index (χ0n) is 15.4. The Morgan fingerprint density at radius 1 is 1.07 bits per heavy atom. The SMILES string of the molecule is CCc1ccc(N=C2NC(=O)/C(=C\c3ccc(-c4ccc(Cl)c(Cl)c4)o3)S2)cc1. The van der Waals surface area contributed by atoms with Crippen LogP contribution < -0.4 is 5.32 Å². The number of hydrogen-bond acceptors (Lipinski definition) is 4. The molecule has 1 aromatic heterocycles. The summed E-state index contributed by atoms with van der Waals surface area (Å²) in [5.41, 5.74) is 2.85. The van der Waals surface area contributed by atoms with Crippen LogP contribution in [0.4, 0.5) is 5.69 Å². The van der Waals surface area contributed by atoms with Gasteiger partial charge in [-0.1, -0.05) is 42.3 Å². The van der Waals surface area contributed by atoms with Crippen LogP contribution in [-0.4, -0.2) is 11.1 Å². The van der Waals surface area contributed by atoms with Gasteiger partial charge in [-0.05, 0) is 66.2 Å². The van der Waals surface area contributed by atoms with Crippen molar-refractivity contribution in [3.8, 4) is 11.3 Å². The number of hydrogen-bond donors (Lipinski definition) is 1. The number of rotatable bonds is 4. The molecule has 1 aliphatic heterocycles. The number of amidine groups is 1. The zero-order chi connectivity index (χ0) is 20.4. The molecule has 0 bridgehead atoms. The molecule has 0 radical (unpaired) electrons. The molecule has 1 N–H and O–H groups in total. The van der Waals surface area contributed by atoms with Gasteiger partial charge < -0.3 is 9.73 Å². The molecule has 2 aromatic carbocycles. The van der Waals surface area contributed by atoms with E-state index in [1.165, 1.54) is 17.3 Å². The van der Waals surface area contributed by atoms with Gasteiger partial charge in [-0.25, -0.2) is 4.99 Å². The van der Waals surface area contributed by atoms with Crippen LogP contribution in [0.5, 0.6) is 0 Å². The van der Waals surface area contributed by atoms with Crippen molar-refractivity contribution < 1.29 is 9.21 Å². The van der Waals surface area contributed by atoms with E-state index in [2.05, 4.69) is 17.2 Å². The van der Waals surface area contributed by atoms with Crippen molar-refractivity contribution in [2.24, 2.45) is 4.99 Å². The Labute approximate surface area is 182 Å². The van der Waals surface area contributed by atoms with Gasteiger partial charge in [0, 0.05) is 11.6 Å². The molecule has 29 heavy (non-hydrogen) atoms. The predicted molar refractivity (Wildman–Crippen MR) is 121 cm³/mol. The van der Waals surface area contributed by atoms with Gasteiger partial charge in [-0.3, -0.25) is 4.79 Å². The first-order chi connectivity index (χ1) is 14.0. The molecule has 0 aliphatic carbocycles. The van der Waals surface area contributed by atoms with Gasteiger partial charge in [0.25, 0.3) is 5.91 Å². The second kappa shape index (κ2) is 8.49. The highest BCUT2D eigenvalue weighted by Crippen LogP contribution is 2.32. The van der Waals surface area contributed by atoms with Gasteiger partial charge in [0.1, 0.15) is 11.5 Å². The monoisotopic (exact) mass is 442 g/mol. The van der Waals surface area contributed by atoms with Crippen LogP contribution in [0, 0.1) is 0 Å². The Morgan fingerprint density at radius 3 is 2.59 bits per heavy atom. The lowest BCUT2D eigenvalue weighted by atomic mass is 10.2. The number of benzene rings is 2. The van der Waals surface area contributed by atoms with E-state index < -0.39 is 0 Å². The summed E-state index contributed by atoms with van der Waals surface area (Å²) in [5, 5.41) is 4.27. The van der Waals surface area contributed by atoms with Crippen molar-refractivity contribution in [3.63, 3.8) is 0 Å². The largest absolute Gasteiger partial charge is 0.457 e. The molecular formula is C22H16Cl2N2O2S. The lowest BCUT2D eigenvalue weighted by Gasteiger charge is -1.99. The number of aryl methyl sites for hydroxylation is 1. The minimum atomic E-state index is -0.202. The molecule has 0 atom stereocenters. The summed E-state index contributed by atoms with van der Waals surface area (Å²) in [6.07, 6.45) is 2.67. The molecule has 1 fully saturated rings. The molecule has 1 aliphatic rings. The highest BCUT2D eigenvalue weighted by Gasteiger charge is 2.24. The smallest absolute Gasteiger partial charge is 0.264 e. The molecule has 3 aromatic rings. The van der Waals surface area contributed by atoms with Gasteiger partial charge in [0.05, 0.1) is 20.6 Å². The van der Waals surface area contributed by atoms with Crippen LogP contribution in [0.1, 0.15) is 18.2 Å². The second-order valence-electron chi connectivity index (χ2n) is 6.33. The third kappa shape index (κ3) is 4.58. The third-order valence-corrected chi connectivity index (χ3v) is 5.98. The van der Waals surface area contributed by atoms with Crippen LogP contribution >= 0.6 is 35.0 Å². The van der Waals surface area contributed by atoms with Crippen LogP contribution in [-0.2, 0) is 11.2 Å². The Morgan fingerprint density at radius 2 is 1.86 bits per heavy atom. The molecule has 0 saturated carbocycles. The molecule has 4 nitrogen and oxygen atoms in total. The summed E-state index contributed by atoms with van der Waals surface area (Å²) >= 11 is 13.3. The van der Waals surface area contributed by atoms with Crippen molar-refractivity contribution in [1.29, 1.82) is 0 Å². The zero-order valence-corrected chi connectivity index (χ0v) is 17.7. The van der Waals surface area contributed by atoms with E-state index in [4.69, 9.17) is 27.6 Å². The van der Waals surface area contributed by atoms with Crippen LogP contribution in [0.3, 0.4) is 0 Å². The van der Waals surface area contributed by atoms with Crippen LogP contribution in [0.25, 0.3) is 17.4 Å². The van der Waals surface area contributed by atoms with Gasteiger partial charge in [0.15, 0.2) is 5.17 Å². The summed E-state index contributed by atoms with van der Waals surface area (Å²) in [7, 11) is 0. The maximum atomic E-state index is 12.3. The molecule has 2 heterocycles. The summed E-state index contributed by atoms with van der Waals surface area (Å²) in [4.78, 5) is 17.3. The number of aliphatic imine (C=N–C) groups is 1. The first kappa shape index (κ1) is 19.8. The number of carbonyl (C=O) groups is 1. The van der Waals surface area contributed by atoms with E-state index in [0.717, 1.165) is 17.7 Å². The Kier molecular flexibility index (Phi) is 5.81. The van der Waals surface area contributed by atoms with Crippen molar-refractivity contribution in [2.45, 2.75) is 13.3 Å². The van der Waals surface area contributed by atoms with E-state index in [1.807, 2.05) is 36.4 Å². The summed E-state index contributed by atoms with van der Waals surface area (Å²) in [6.45, 7) is 2.10. The molecule has 1 saturated heterocycles. The van der Waals surface area contributed by atoms with Crippen molar-refractivity contribution in [3.05, 3.63) is 80.9 Å². The van der Waals surface area contributed by atoms with Gasteiger partial charge in [0.2, 0.25) is 0 Å². The molecule has 7 heteroatoms. The Hall–Kier alpha value is -2.47. The number of nitrogens with one attached hydrogen (secondary N) is 1. The van der Waals surface area contributed by atoms with Crippen LogP contribution in [0.15, 0.2) is 68.9 Å². The van der Waals surface area contributed by atoms with E-state index in [9.17, 15) is 4.79 Å². The standard InChI is InChI=1S/C22H16Cl2N2O2S/c1-2-13-3-6-15(7-4-13)25-22-26-21(27)20(29-22)12-16-8-10-19(28-16)14-5-9-17(23)18(24)11-14/h3-12H,2H2,1H3,(H,25,26,27)/b20-12+. The van der Waals surface area contributed by atoms with Crippen LogP contribution in [0.2, 0.25) is 10.0 Å². The summed E-state index contributed by atoms with van der Waals surface area (Å²) in [6, 6.07) is 16.9. The van der Waals surface area contributed by atoms with Crippen molar-refractivity contribution >= 4 is 57.8 Å². The topological polar surface area (TPSA) is 54.6 Å². The van der Waals surface area contributed by atoms with Crippen molar-refractivity contribution in [1.82, 2.24) is 5.32 Å². The molecule has 1 amide bonds. The lowest BCUT2D eigenvalue weighted by molar-refractivity contribution is -0.115. The number of thioether (sulfide) groups is 1.